The second-order valence-corrected chi connectivity index (χ2v) is 5.48. The molecular weight excluding hydrogens is 268 g/mol. The first kappa shape index (κ1) is 13.8. The molecule has 2 heterocycles. The third-order valence-corrected chi connectivity index (χ3v) is 3.98. The summed E-state index contributed by atoms with van der Waals surface area (Å²) in [5.41, 5.74) is 1.58. The number of likely N-dealkylation sites (tertiary alicyclic amines) is 1. The molecule has 2 aromatic rings. The molecule has 3 rings (SSSR count). The Balaban J connectivity index is 1.73. The van der Waals surface area contributed by atoms with Crippen LogP contribution in [0.15, 0.2) is 40.9 Å². The zero-order valence-corrected chi connectivity index (χ0v) is 11.9. The maximum Gasteiger partial charge on any atom is 0.292 e. The normalized spacial score (nSPS) is 19.7. The third kappa shape index (κ3) is 2.83. The molecule has 0 bridgehead atoms. The van der Waals surface area contributed by atoms with Gasteiger partial charge in [0, 0.05) is 30.6 Å². The number of hydrogen-bond donors (Lipinski definition) is 1. The van der Waals surface area contributed by atoms with E-state index in [4.69, 9.17) is 4.52 Å². The van der Waals surface area contributed by atoms with Crippen molar-refractivity contribution in [3.8, 4) is 11.3 Å². The minimum absolute atomic E-state index is 0.144. The standard InChI is InChI=1S/C16H18N2O3/c1-11(19)13-7-8-18(10-13)16(20)15-9-14(17-21-15)12-5-3-2-4-6-12/h2-6,9,11,13,19H,7-8,10H2,1H3. The number of benzene rings is 1. The highest BCUT2D eigenvalue weighted by molar-refractivity contribution is 5.92. The molecule has 0 spiro atoms. The van der Waals surface area contributed by atoms with Gasteiger partial charge in [-0.2, -0.15) is 0 Å². The molecule has 1 aromatic heterocycles. The molecule has 0 radical (unpaired) electrons. The number of nitrogens with zero attached hydrogens (tertiary/aromatic N) is 2. The number of rotatable bonds is 3. The van der Waals surface area contributed by atoms with Crippen LogP contribution in [0.5, 0.6) is 0 Å². The molecule has 1 saturated heterocycles. The number of hydrogen-bond acceptors (Lipinski definition) is 4. The molecule has 1 N–H and O–H groups in total. The van der Waals surface area contributed by atoms with E-state index in [1.54, 1.807) is 17.9 Å². The monoisotopic (exact) mass is 286 g/mol. The Morgan fingerprint density at radius 1 is 1.43 bits per heavy atom. The van der Waals surface area contributed by atoms with Crippen molar-refractivity contribution < 1.29 is 14.4 Å². The van der Waals surface area contributed by atoms with E-state index in [0.29, 0.717) is 18.8 Å². The van der Waals surface area contributed by atoms with Crippen molar-refractivity contribution in [2.45, 2.75) is 19.4 Å². The number of carbonyl (C=O) groups is 1. The second-order valence-electron chi connectivity index (χ2n) is 5.48. The summed E-state index contributed by atoms with van der Waals surface area (Å²) in [7, 11) is 0. The van der Waals surface area contributed by atoms with Gasteiger partial charge in [0.15, 0.2) is 0 Å². The average molecular weight is 286 g/mol. The number of aromatic nitrogens is 1. The maximum atomic E-state index is 12.4. The lowest BCUT2D eigenvalue weighted by molar-refractivity contribution is 0.0722. The molecular formula is C16H18N2O3. The van der Waals surface area contributed by atoms with Crippen LogP contribution < -0.4 is 0 Å². The zero-order valence-electron chi connectivity index (χ0n) is 11.9. The van der Waals surface area contributed by atoms with E-state index in [1.165, 1.54) is 0 Å². The fourth-order valence-electron chi connectivity index (χ4n) is 2.64. The topological polar surface area (TPSA) is 66.6 Å². The quantitative estimate of drug-likeness (QED) is 0.939. The smallest absolute Gasteiger partial charge is 0.292 e. The van der Waals surface area contributed by atoms with Crippen molar-refractivity contribution in [3.63, 3.8) is 0 Å². The fraction of sp³-hybridized carbons (Fsp3) is 0.375. The predicted molar refractivity (Wildman–Crippen MR) is 77.6 cm³/mol. The summed E-state index contributed by atoms with van der Waals surface area (Å²) in [4.78, 5) is 14.1. The van der Waals surface area contributed by atoms with Gasteiger partial charge in [0.1, 0.15) is 5.69 Å². The van der Waals surface area contributed by atoms with Crippen LogP contribution in [0.1, 0.15) is 23.9 Å². The first-order valence-electron chi connectivity index (χ1n) is 7.14. The van der Waals surface area contributed by atoms with Crippen LogP contribution in [0.4, 0.5) is 0 Å². The van der Waals surface area contributed by atoms with Gasteiger partial charge >= 0.3 is 0 Å². The summed E-state index contributed by atoms with van der Waals surface area (Å²) in [6.45, 7) is 2.98. The first-order chi connectivity index (χ1) is 10.1. The molecule has 0 aliphatic carbocycles. The van der Waals surface area contributed by atoms with Gasteiger partial charge in [0.05, 0.1) is 6.10 Å². The van der Waals surface area contributed by atoms with Gasteiger partial charge in [0.25, 0.3) is 5.91 Å². The van der Waals surface area contributed by atoms with Crippen LogP contribution in [-0.4, -0.2) is 40.3 Å². The number of aliphatic hydroxyl groups excluding tert-OH is 1. The lowest BCUT2D eigenvalue weighted by Crippen LogP contribution is -2.30. The molecule has 0 saturated carbocycles. The number of aliphatic hydroxyl groups is 1. The molecule has 5 nitrogen and oxygen atoms in total. The molecule has 2 atom stereocenters. The highest BCUT2D eigenvalue weighted by Gasteiger charge is 2.31. The summed E-state index contributed by atoms with van der Waals surface area (Å²) in [6.07, 6.45) is 0.431. The molecule has 1 aromatic carbocycles. The Morgan fingerprint density at radius 3 is 2.86 bits per heavy atom. The van der Waals surface area contributed by atoms with Crippen LogP contribution in [0.2, 0.25) is 0 Å². The maximum absolute atomic E-state index is 12.4. The first-order valence-corrected chi connectivity index (χ1v) is 7.14. The summed E-state index contributed by atoms with van der Waals surface area (Å²) >= 11 is 0. The fourth-order valence-corrected chi connectivity index (χ4v) is 2.64. The Morgan fingerprint density at radius 2 is 2.19 bits per heavy atom. The number of carbonyl (C=O) groups excluding carboxylic acids is 1. The molecule has 1 fully saturated rings. The van der Waals surface area contributed by atoms with Gasteiger partial charge in [-0.15, -0.1) is 0 Å². The highest BCUT2D eigenvalue weighted by Crippen LogP contribution is 2.24. The van der Waals surface area contributed by atoms with Crippen LogP contribution >= 0.6 is 0 Å². The molecule has 110 valence electrons. The Labute approximate surface area is 123 Å². The lowest BCUT2D eigenvalue weighted by Gasteiger charge is -2.15. The zero-order chi connectivity index (χ0) is 14.8. The van der Waals surface area contributed by atoms with Crippen molar-refractivity contribution in [2.24, 2.45) is 5.92 Å². The van der Waals surface area contributed by atoms with Crippen LogP contribution in [0, 0.1) is 5.92 Å². The van der Waals surface area contributed by atoms with Gasteiger partial charge in [0.2, 0.25) is 5.76 Å². The molecule has 1 aliphatic rings. The second kappa shape index (κ2) is 5.69. The van der Waals surface area contributed by atoms with Crippen molar-refractivity contribution >= 4 is 5.91 Å². The van der Waals surface area contributed by atoms with Crippen molar-refractivity contribution in [1.82, 2.24) is 10.1 Å². The Bertz CT molecular complexity index is 621. The van der Waals surface area contributed by atoms with Gasteiger partial charge in [-0.05, 0) is 13.3 Å². The van der Waals surface area contributed by atoms with Crippen molar-refractivity contribution in [1.29, 1.82) is 0 Å². The van der Waals surface area contributed by atoms with E-state index in [1.807, 2.05) is 30.3 Å². The molecule has 1 aliphatic heterocycles. The van der Waals surface area contributed by atoms with E-state index >= 15 is 0 Å². The van der Waals surface area contributed by atoms with Crippen LogP contribution in [0.3, 0.4) is 0 Å². The third-order valence-electron chi connectivity index (χ3n) is 3.98. The number of amides is 1. The molecule has 21 heavy (non-hydrogen) atoms. The van der Waals surface area contributed by atoms with Crippen LogP contribution in [-0.2, 0) is 0 Å². The summed E-state index contributed by atoms with van der Waals surface area (Å²) in [5.74, 6) is 0.235. The molecule has 2 unspecified atom stereocenters. The van der Waals surface area contributed by atoms with E-state index in [0.717, 1.165) is 12.0 Å². The summed E-state index contributed by atoms with van der Waals surface area (Å²) < 4.78 is 5.19. The van der Waals surface area contributed by atoms with E-state index in [9.17, 15) is 9.90 Å². The van der Waals surface area contributed by atoms with Crippen molar-refractivity contribution in [2.75, 3.05) is 13.1 Å². The van der Waals surface area contributed by atoms with Gasteiger partial charge in [-0.25, -0.2) is 0 Å². The van der Waals surface area contributed by atoms with E-state index in [-0.39, 0.29) is 17.6 Å². The summed E-state index contributed by atoms with van der Waals surface area (Å²) in [6, 6.07) is 11.3. The minimum Gasteiger partial charge on any atom is -0.393 e. The SMILES string of the molecule is CC(O)C1CCN(C(=O)c2cc(-c3ccccc3)no2)C1. The largest absolute Gasteiger partial charge is 0.393 e. The van der Waals surface area contributed by atoms with E-state index < -0.39 is 6.10 Å². The Kier molecular flexibility index (Phi) is 3.75. The molecule has 1 amide bonds. The van der Waals surface area contributed by atoms with Crippen LogP contribution in [0.25, 0.3) is 11.3 Å². The van der Waals surface area contributed by atoms with Gasteiger partial charge < -0.3 is 14.5 Å². The molecule has 5 heteroatoms. The highest BCUT2D eigenvalue weighted by atomic mass is 16.5. The predicted octanol–water partition coefficient (Wildman–Crippen LogP) is 2.18. The minimum atomic E-state index is -0.391. The average Bonchev–Trinajstić information content (AvgIpc) is 3.17. The van der Waals surface area contributed by atoms with Gasteiger partial charge in [-0.1, -0.05) is 35.5 Å². The van der Waals surface area contributed by atoms with Gasteiger partial charge in [-0.3, -0.25) is 4.79 Å². The lowest BCUT2D eigenvalue weighted by atomic mass is 10.0. The summed E-state index contributed by atoms with van der Waals surface area (Å²) in [5, 5.41) is 13.6. The van der Waals surface area contributed by atoms with E-state index in [2.05, 4.69) is 5.16 Å². The Hall–Kier alpha value is -2.14. The van der Waals surface area contributed by atoms with Crippen molar-refractivity contribution in [3.05, 3.63) is 42.2 Å².